The molecular formula is C15H22N2O2. The number of benzene rings is 1. The van der Waals surface area contributed by atoms with Gasteiger partial charge < -0.3 is 20.2 Å². The lowest BCUT2D eigenvalue weighted by atomic mass is 10.1. The summed E-state index contributed by atoms with van der Waals surface area (Å²) >= 11 is 0. The number of nitrogens with one attached hydrogen (secondary N) is 1. The van der Waals surface area contributed by atoms with Crippen LogP contribution in [0.2, 0.25) is 0 Å². The van der Waals surface area contributed by atoms with E-state index >= 15 is 0 Å². The number of fused-ring (bicyclic) bond motifs is 1. The van der Waals surface area contributed by atoms with E-state index < -0.39 is 0 Å². The summed E-state index contributed by atoms with van der Waals surface area (Å²) in [6.07, 6.45) is 3.00. The van der Waals surface area contributed by atoms with Crippen molar-refractivity contribution in [3.63, 3.8) is 0 Å². The fourth-order valence-corrected chi connectivity index (χ4v) is 2.16. The molecule has 0 aliphatic carbocycles. The third-order valence-corrected chi connectivity index (χ3v) is 3.09. The second-order valence-electron chi connectivity index (χ2n) is 4.64. The van der Waals surface area contributed by atoms with Crippen LogP contribution in [0.4, 0.5) is 0 Å². The summed E-state index contributed by atoms with van der Waals surface area (Å²) in [4.78, 5) is 3.25. The van der Waals surface area contributed by atoms with E-state index in [0.29, 0.717) is 19.8 Å². The predicted molar refractivity (Wildman–Crippen MR) is 77.6 cm³/mol. The molecule has 1 aromatic heterocycles. The van der Waals surface area contributed by atoms with Crippen molar-refractivity contribution in [1.82, 2.24) is 4.98 Å². The van der Waals surface area contributed by atoms with E-state index in [2.05, 4.69) is 11.1 Å². The van der Waals surface area contributed by atoms with E-state index in [1.54, 1.807) is 0 Å². The zero-order chi connectivity index (χ0) is 13.7. The van der Waals surface area contributed by atoms with Crippen LogP contribution >= 0.6 is 0 Å². The lowest BCUT2D eigenvalue weighted by molar-refractivity contribution is 0.0402. The topological polar surface area (TPSA) is 60.3 Å². The van der Waals surface area contributed by atoms with Gasteiger partial charge in [0.05, 0.1) is 6.10 Å². The van der Waals surface area contributed by atoms with Crippen molar-refractivity contribution in [3.8, 4) is 5.75 Å². The third kappa shape index (κ3) is 3.49. The number of nitrogens with two attached hydrogens (primary N) is 1. The zero-order valence-electron chi connectivity index (χ0n) is 11.6. The van der Waals surface area contributed by atoms with E-state index in [0.717, 1.165) is 17.7 Å². The van der Waals surface area contributed by atoms with Crippen molar-refractivity contribution < 1.29 is 9.47 Å². The van der Waals surface area contributed by atoms with Crippen LogP contribution < -0.4 is 10.5 Å². The van der Waals surface area contributed by atoms with Crippen LogP contribution in [-0.4, -0.2) is 30.8 Å². The molecule has 19 heavy (non-hydrogen) atoms. The molecule has 0 aliphatic rings. The molecule has 0 saturated heterocycles. The Morgan fingerprint density at radius 3 is 2.95 bits per heavy atom. The zero-order valence-corrected chi connectivity index (χ0v) is 11.6. The van der Waals surface area contributed by atoms with Crippen LogP contribution in [0.25, 0.3) is 10.9 Å². The highest BCUT2D eigenvalue weighted by atomic mass is 16.5. The van der Waals surface area contributed by atoms with Crippen LogP contribution in [0.1, 0.15) is 19.4 Å². The predicted octanol–water partition coefficient (Wildman–Crippen LogP) is 2.47. The SMILES string of the molecule is CCOC(C)COc1ccc2[nH]cc(CCN)c2c1. The minimum atomic E-state index is 0.107. The molecule has 0 amide bonds. The van der Waals surface area contributed by atoms with Gasteiger partial charge in [-0.15, -0.1) is 0 Å². The molecule has 0 bridgehead atoms. The molecule has 1 heterocycles. The number of H-pyrrole nitrogens is 1. The number of hydrogen-bond acceptors (Lipinski definition) is 3. The Labute approximate surface area is 113 Å². The summed E-state index contributed by atoms with van der Waals surface area (Å²) in [5, 5.41) is 1.19. The van der Waals surface area contributed by atoms with E-state index in [1.807, 2.05) is 32.2 Å². The first-order valence-corrected chi connectivity index (χ1v) is 6.79. The molecule has 0 saturated carbocycles. The van der Waals surface area contributed by atoms with Gasteiger partial charge in [0.2, 0.25) is 0 Å². The average Bonchev–Trinajstić information content (AvgIpc) is 2.80. The number of aromatic nitrogens is 1. The molecule has 1 aromatic carbocycles. The summed E-state index contributed by atoms with van der Waals surface area (Å²) in [6, 6.07) is 6.08. The second kappa shape index (κ2) is 6.59. The Morgan fingerprint density at radius 2 is 2.21 bits per heavy atom. The molecule has 1 atom stereocenters. The number of ether oxygens (including phenoxy) is 2. The summed E-state index contributed by atoms with van der Waals surface area (Å²) in [5.74, 6) is 0.872. The van der Waals surface area contributed by atoms with Gasteiger partial charge in [-0.2, -0.15) is 0 Å². The van der Waals surface area contributed by atoms with E-state index in [1.165, 1.54) is 10.9 Å². The van der Waals surface area contributed by atoms with Gasteiger partial charge in [-0.25, -0.2) is 0 Å². The Balaban J connectivity index is 2.09. The lowest BCUT2D eigenvalue weighted by Gasteiger charge is -2.13. The average molecular weight is 262 g/mol. The van der Waals surface area contributed by atoms with Crippen molar-refractivity contribution >= 4 is 10.9 Å². The lowest BCUT2D eigenvalue weighted by Crippen LogP contribution is -2.17. The Hall–Kier alpha value is -1.52. The summed E-state index contributed by atoms with van der Waals surface area (Å²) in [6.45, 7) is 5.93. The second-order valence-corrected chi connectivity index (χ2v) is 4.64. The van der Waals surface area contributed by atoms with Crippen molar-refractivity contribution in [2.75, 3.05) is 19.8 Å². The van der Waals surface area contributed by atoms with Crippen LogP contribution in [0, 0.1) is 0 Å². The quantitative estimate of drug-likeness (QED) is 0.806. The van der Waals surface area contributed by atoms with Crippen molar-refractivity contribution in [2.45, 2.75) is 26.4 Å². The largest absolute Gasteiger partial charge is 0.491 e. The van der Waals surface area contributed by atoms with Gasteiger partial charge in [0, 0.05) is 23.7 Å². The highest BCUT2D eigenvalue weighted by Crippen LogP contribution is 2.24. The maximum atomic E-state index is 5.76. The molecule has 0 fully saturated rings. The van der Waals surface area contributed by atoms with Gasteiger partial charge in [-0.3, -0.25) is 0 Å². The fourth-order valence-electron chi connectivity index (χ4n) is 2.16. The highest BCUT2D eigenvalue weighted by molar-refractivity contribution is 5.84. The molecule has 2 aromatic rings. The normalized spacial score (nSPS) is 12.8. The van der Waals surface area contributed by atoms with Crippen LogP contribution in [0.3, 0.4) is 0 Å². The van der Waals surface area contributed by atoms with Crippen molar-refractivity contribution in [2.24, 2.45) is 5.73 Å². The Morgan fingerprint density at radius 1 is 1.37 bits per heavy atom. The maximum Gasteiger partial charge on any atom is 0.120 e. The van der Waals surface area contributed by atoms with Crippen LogP contribution in [0.15, 0.2) is 24.4 Å². The van der Waals surface area contributed by atoms with E-state index in [4.69, 9.17) is 15.2 Å². The Bertz CT molecular complexity index is 522. The molecule has 0 radical (unpaired) electrons. The van der Waals surface area contributed by atoms with Crippen LogP contribution in [-0.2, 0) is 11.2 Å². The van der Waals surface area contributed by atoms with Gasteiger partial charge in [0.25, 0.3) is 0 Å². The molecular weight excluding hydrogens is 240 g/mol. The van der Waals surface area contributed by atoms with Crippen LogP contribution in [0.5, 0.6) is 5.75 Å². The smallest absolute Gasteiger partial charge is 0.120 e. The Kier molecular flexibility index (Phi) is 4.82. The summed E-state index contributed by atoms with van der Waals surface area (Å²) < 4.78 is 11.2. The minimum Gasteiger partial charge on any atom is -0.491 e. The number of aromatic amines is 1. The summed E-state index contributed by atoms with van der Waals surface area (Å²) in [5.41, 5.74) is 7.97. The molecule has 1 unspecified atom stereocenters. The van der Waals surface area contributed by atoms with E-state index in [-0.39, 0.29) is 6.10 Å². The van der Waals surface area contributed by atoms with Gasteiger partial charge in [-0.1, -0.05) is 0 Å². The fraction of sp³-hybridized carbons (Fsp3) is 0.467. The highest BCUT2D eigenvalue weighted by Gasteiger charge is 2.06. The first-order valence-electron chi connectivity index (χ1n) is 6.79. The van der Waals surface area contributed by atoms with Crippen molar-refractivity contribution in [3.05, 3.63) is 30.0 Å². The molecule has 0 spiro atoms. The monoisotopic (exact) mass is 262 g/mol. The first kappa shape index (κ1) is 13.9. The first-order chi connectivity index (χ1) is 9.24. The minimum absolute atomic E-state index is 0.107. The number of rotatable bonds is 7. The summed E-state index contributed by atoms with van der Waals surface area (Å²) in [7, 11) is 0. The molecule has 2 rings (SSSR count). The molecule has 3 N–H and O–H groups in total. The van der Waals surface area contributed by atoms with Gasteiger partial charge >= 0.3 is 0 Å². The molecule has 104 valence electrons. The van der Waals surface area contributed by atoms with E-state index in [9.17, 15) is 0 Å². The standard InChI is InChI=1S/C15H22N2O2/c1-3-18-11(2)10-19-13-4-5-15-14(8-13)12(6-7-16)9-17-15/h4-5,8-9,11,17H,3,6-7,10,16H2,1-2H3. The third-order valence-electron chi connectivity index (χ3n) is 3.09. The molecule has 4 nitrogen and oxygen atoms in total. The molecule has 4 heteroatoms. The van der Waals surface area contributed by atoms with Crippen molar-refractivity contribution in [1.29, 1.82) is 0 Å². The van der Waals surface area contributed by atoms with Gasteiger partial charge in [-0.05, 0) is 50.6 Å². The molecule has 0 aliphatic heterocycles. The van der Waals surface area contributed by atoms with Gasteiger partial charge in [0.1, 0.15) is 12.4 Å². The van der Waals surface area contributed by atoms with Gasteiger partial charge in [0.15, 0.2) is 0 Å². The number of hydrogen-bond donors (Lipinski definition) is 2. The maximum absolute atomic E-state index is 5.76.